The van der Waals surface area contributed by atoms with Crippen LogP contribution in [0.25, 0.3) is 21.5 Å². The van der Waals surface area contributed by atoms with Crippen LogP contribution in [0.2, 0.25) is 0 Å². The van der Waals surface area contributed by atoms with E-state index >= 15 is 0 Å². The maximum Gasteiger partial charge on any atom is 0.130 e. The van der Waals surface area contributed by atoms with Gasteiger partial charge in [-0.3, -0.25) is 0 Å². The quantitative estimate of drug-likeness (QED) is 0.729. The number of thiophene rings is 1. The zero-order valence-corrected chi connectivity index (χ0v) is 12.9. The molecule has 1 aliphatic carbocycles. The molecule has 0 amide bonds. The SMILES string of the molecule is N#Cc1sc2nc(-c3ccccc3)c3c(c2c1N)CCCC3. The first-order chi connectivity index (χ1) is 10.8. The number of fused-ring (bicyclic) bond motifs is 3. The predicted molar refractivity (Wildman–Crippen MR) is 90.8 cm³/mol. The normalized spacial score (nSPS) is 13.8. The Bertz CT molecular complexity index is 904. The van der Waals surface area contributed by atoms with E-state index in [0.717, 1.165) is 34.3 Å². The Balaban J connectivity index is 2.09. The lowest BCUT2D eigenvalue weighted by atomic mass is 9.87. The molecule has 0 saturated carbocycles. The van der Waals surface area contributed by atoms with Gasteiger partial charge in [-0.25, -0.2) is 4.98 Å². The minimum Gasteiger partial charge on any atom is -0.396 e. The average molecular weight is 305 g/mol. The van der Waals surface area contributed by atoms with Crippen LogP contribution in [0.5, 0.6) is 0 Å². The lowest BCUT2D eigenvalue weighted by Gasteiger charge is -2.20. The molecule has 3 nitrogen and oxygen atoms in total. The number of anilines is 1. The minimum atomic E-state index is 0.584. The predicted octanol–water partition coefficient (Wildman–Crippen LogP) is 4.30. The van der Waals surface area contributed by atoms with Crippen molar-refractivity contribution >= 4 is 27.2 Å². The number of nitrogen functional groups attached to an aromatic ring is 1. The molecular weight excluding hydrogens is 290 g/mol. The number of rotatable bonds is 1. The Hall–Kier alpha value is -2.38. The van der Waals surface area contributed by atoms with Crippen molar-refractivity contribution in [3.63, 3.8) is 0 Å². The Labute approximate surface area is 133 Å². The number of pyridine rings is 1. The second kappa shape index (κ2) is 5.11. The molecular formula is C18H15N3S. The first-order valence-electron chi connectivity index (χ1n) is 7.49. The summed E-state index contributed by atoms with van der Waals surface area (Å²) in [6.07, 6.45) is 4.44. The summed E-state index contributed by atoms with van der Waals surface area (Å²) < 4.78 is 0. The topological polar surface area (TPSA) is 62.7 Å². The molecule has 0 aliphatic heterocycles. The molecule has 2 N–H and O–H groups in total. The van der Waals surface area contributed by atoms with Crippen molar-refractivity contribution in [2.75, 3.05) is 5.73 Å². The third-order valence-electron chi connectivity index (χ3n) is 4.34. The molecule has 0 saturated heterocycles. The summed E-state index contributed by atoms with van der Waals surface area (Å²) in [7, 11) is 0. The lowest BCUT2D eigenvalue weighted by Crippen LogP contribution is -2.07. The largest absolute Gasteiger partial charge is 0.396 e. The number of hydrogen-bond acceptors (Lipinski definition) is 4. The standard InChI is InChI=1S/C18H15N3S/c19-10-14-16(20)15-12-8-4-5-9-13(12)17(21-18(15)22-14)11-6-2-1-3-7-11/h1-3,6-7H,4-5,8-9,20H2. The fourth-order valence-corrected chi connectivity index (χ4v) is 4.25. The Morgan fingerprint density at radius 3 is 2.55 bits per heavy atom. The number of nitriles is 1. The maximum absolute atomic E-state index is 9.26. The molecule has 2 heterocycles. The van der Waals surface area contributed by atoms with Gasteiger partial charge in [-0.1, -0.05) is 30.3 Å². The van der Waals surface area contributed by atoms with Gasteiger partial charge in [0.1, 0.15) is 15.8 Å². The Kier molecular flexibility index (Phi) is 3.09. The summed E-state index contributed by atoms with van der Waals surface area (Å²) in [5, 5.41) is 10.3. The molecule has 4 rings (SSSR count). The number of aryl methyl sites for hydroxylation is 1. The lowest BCUT2D eigenvalue weighted by molar-refractivity contribution is 0.689. The van der Waals surface area contributed by atoms with E-state index in [4.69, 9.17) is 10.7 Å². The molecule has 3 aromatic rings. The molecule has 4 heteroatoms. The highest BCUT2D eigenvalue weighted by molar-refractivity contribution is 7.19. The number of nitrogens with zero attached hydrogens (tertiary/aromatic N) is 2. The van der Waals surface area contributed by atoms with Crippen molar-refractivity contribution in [3.8, 4) is 17.3 Å². The molecule has 0 atom stereocenters. The molecule has 0 radical (unpaired) electrons. The molecule has 0 bridgehead atoms. The van der Waals surface area contributed by atoms with Gasteiger partial charge in [0.15, 0.2) is 0 Å². The molecule has 0 spiro atoms. The molecule has 0 fully saturated rings. The van der Waals surface area contributed by atoms with Gasteiger partial charge in [0, 0.05) is 10.9 Å². The second-order valence-electron chi connectivity index (χ2n) is 5.63. The summed E-state index contributed by atoms with van der Waals surface area (Å²) in [6.45, 7) is 0. The molecule has 2 aromatic heterocycles. The van der Waals surface area contributed by atoms with Crippen molar-refractivity contribution in [1.29, 1.82) is 5.26 Å². The Morgan fingerprint density at radius 2 is 1.82 bits per heavy atom. The monoisotopic (exact) mass is 305 g/mol. The van der Waals surface area contributed by atoms with Crippen LogP contribution in [-0.2, 0) is 12.8 Å². The number of aromatic nitrogens is 1. The maximum atomic E-state index is 9.26. The van der Waals surface area contributed by atoms with Gasteiger partial charge in [-0.2, -0.15) is 5.26 Å². The van der Waals surface area contributed by atoms with Gasteiger partial charge in [0.2, 0.25) is 0 Å². The van der Waals surface area contributed by atoms with Gasteiger partial charge in [0.25, 0.3) is 0 Å². The van der Waals surface area contributed by atoms with Crippen molar-refractivity contribution < 1.29 is 0 Å². The van der Waals surface area contributed by atoms with Crippen molar-refractivity contribution in [3.05, 3.63) is 46.3 Å². The van der Waals surface area contributed by atoms with E-state index in [0.29, 0.717) is 10.6 Å². The smallest absolute Gasteiger partial charge is 0.130 e. The van der Waals surface area contributed by atoms with Gasteiger partial charge in [-0.05, 0) is 36.8 Å². The third kappa shape index (κ3) is 1.90. The van der Waals surface area contributed by atoms with E-state index in [1.54, 1.807) is 0 Å². The molecule has 0 unspecified atom stereocenters. The van der Waals surface area contributed by atoms with Crippen LogP contribution >= 0.6 is 11.3 Å². The number of hydrogen-bond donors (Lipinski definition) is 1. The fraction of sp³-hybridized carbons (Fsp3) is 0.222. The van der Waals surface area contributed by atoms with Crippen molar-refractivity contribution in [2.24, 2.45) is 0 Å². The zero-order valence-electron chi connectivity index (χ0n) is 12.1. The zero-order chi connectivity index (χ0) is 15.1. The summed E-state index contributed by atoms with van der Waals surface area (Å²) in [4.78, 5) is 6.36. The summed E-state index contributed by atoms with van der Waals surface area (Å²) in [6, 6.07) is 12.5. The fourth-order valence-electron chi connectivity index (χ4n) is 3.33. The first-order valence-corrected chi connectivity index (χ1v) is 8.30. The number of benzene rings is 1. The summed E-state index contributed by atoms with van der Waals surface area (Å²) >= 11 is 1.41. The van der Waals surface area contributed by atoms with Crippen LogP contribution in [0.4, 0.5) is 5.69 Å². The van der Waals surface area contributed by atoms with Crippen LogP contribution < -0.4 is 5.73 Å². The second-order valence-corrected chi connectivity index (χ2v) is 6.63. The highest BCUT2D eigenvalue weighted by Gasteiger charge is 2.23. The van der Waals surface area contributed by atoms with E-state index in [1.165, 1.54) is 35.3 Å². The van der Waals surface area contributed by atoms with E-state index in [-0.39, 0.29) is 0 Å². The summed E-state index contributed by atoms with van der Waals surface area (Å²) in [5.41, 5.74) is 11.7. The van der Waals surface area contributed by atoms with Gasteiger partial charge in [0.05, 0.1) is 11.4 Å². The highest BCUT2D eigenvalue weighted by Crippen LogP contribution is 2.41. The molecule has 1 aliphatic rings. The van der Waals surface area contributed by atoms with Crippen molar-refractivity contribution in [1.82, 2.24) is 4.98 Å². The van der Waals surface area contributed by atoms with Crippen LogP contribution in [0.15, 0.2) is 30.3 Å². The van der Waals surface area contributed by atoms with Crippen LogP contribution in [0.1, 0.15) is 28.8 Å². The molecule has 1 aromatic carbocycles. The Morgan fingerprint density at radius 1 is 1.09 bits per heavy atom. The van der Waals surface area contributed by atoms with Gasteiger partial charge >= 0.3 is 0 Å². The highest BCUT2D eigenvalue weighted by atomic mass is 32.1. The number of nitrogens with two attached hydrogens (primary N) is 1. The van der Waals surface area contributed by atoms with E-state index in [2.05, 4.69) is 18.2 Å². The van der Waals surface area contributed by atoms with Crippen molar-refractivity contribution in [2.45, 2.75) is 25.7 Å². The molecule has 108 valence electrons. The van der Waals surface area contributed by atoms with E-state index in [1.807, 2.05) is 18.2 Å². The van der Waals surface area contributed by atoms with E-state index < -0.39 is 0 Å². The van der Waals surface area contributed by atoms with Gasteiger partial charge in [-0.15, -0.1) is 11.3 Å². The van der Waals surface area contributed by atoms with Crippen LogP contribution in [-0.4, -0.2) is 4.98 Å². The van der Waals surface area contributed by atoms with Gasteiger partial charge < -0.3 is 5.73 Å². The third-order valence-corrected chi connectivity index (χ3v) is 5.35. The average Bonchev–Trinajstić information content (AvgIpc) is 2.91. The first kappa shape index (κ1) is 13.3. The van der Waals surface area contributed by atoms with Crippen LogP contribution in [0, 0.1) is 11.3 Å². The van der Waals surface area contributed by atoms with Crippen LogP contribution in [0.3, 0.4) is 0 Å². The molecule has 22 heavy (non-hydrogen) atoms. The minimum absolute atomic E-state index is 0.584. The van der Waals surface area contributed by atoms with E-state index in [9.17, 15) is 5.26 Å². The summed E-state index contributed by atoms with van der Waals surface area (Å²) in [5.74, 6) is 0.